The van der Waals surface area contributed by atoms with Gasteiger partial charge in [0.05, 0.1) is 24.0 Å². The Labute approximate surface area is 152 Å². The van der Waals surface area contributed by atoms with Gasteiger partial charge in [-0.05, 0) is 43.7 Å². The van der Waals surface area contributed by atoms with Crippen molar-refractivity contribution < 1.29 is 9.53 Å². The summed E-state index contributed by atoms with van der Waals surface area (Å²) in [6.07, 6.45) is 4.35. The predicted octanol–water partition coefficient (Wildman–Crippen LogP) is 3.22. The lowest BCUT2D eigenvalue weighted by Crippen LogP contribution is -2.34. The number of ether oxygens (including phenoxy) is 1. The Balaban J connectivity index is 1.46. The first-order valence-electron chi connectivity index (χ1n) is 8.75. The summed E-state index contributed by atoms with van der Waals surface area (Å²) in [4.78, 5) is 16.9. The molecule has 1 aliphatic heterocycles. The normalized spacial score (nSPS) is 15.4. The van der Waals surface area contributed by atoms with Crippen molar-refractivity contribution in [3.8, 4) is 11.4 Å². The number of amides is 1. The number of nitrogens with one attached hydrogen (secondary N) is 1. The van der Waals surface area contributed by atoms with Crippen LogP contribution >= 0.6 is 0 Å². The fourth-order valence-electron chi connectivity index (χ4n) is 3.55. The minimum atomic E-state index is -0.0761. The standard InChI is InChI=1S/C21H21N3O2/c1-14-10-19(15(2)24(14)17-7-5-9-22-12-17)21(25)23-13-18-11-16-6-3-4-8-20(16)26-18/h3-10,12,18H,11,13H2,1-2H3,(H,23,25). The number of aryl methyl sites for hydroxylation is 1. The van der Waals surface area contributed by atoms with Crippen LogP contribution in [0.5, 0.6) is 5.75 Å². The van der Waals surface area contributed by atoms with E-state index in [0.717, 1.165) is 29.2 Å². The van der Waals surface area contributed by atoms with Gasteiger partial charge in [0, 0.05) is 24.0 Å². The van der Waals surface area contributed by atoms with E-state index in [4.69, 9.17) is 4.74 Å². The Hall–Kier alpha value is -3.08. The maximum atomic E-state index is 12.7. The summed E-state index contributed by atoms with van der Waals surface area (Å²) in [6, 6.07) is 13.8. The summed E-state index contributed by atoms with van der Waals surface area (Å²) < 4.78 is 7.94. The zero-order chi connectivity index (χ0) is 18.1. The van der Waals surface area contributed by atoms with Gasteiger partial charge in [0.15, 0.2) is 0 Å². The molecule has 1 amide bonds. The van der Waals surface area contributed by atoms with Crippen LogP contribution in [0.25, 0.3) is 5.69 Å². The molecule has 0 radical (unpaired) electrons. The number of para-hydroxylation sites is 1. The van der Waals surface area contributed by atoms with E-state index in [9.17, 15) is 4.79 Å². The first-order valence-corrected chi connectivity index (χ1v) is 8.75. The second-order valence-corrected chi connectivity index (χ2v) is 6.59. The smallest absolute Gasteiger partial charge is 0.253 e. The molecule has 1 unspecified atom stereocenters. The van der Waals surface area contributed by atoms with Crippen molar-refractivity contribution in [2.75, 3.05) is 6.54 Å². The van der Waals surface area contributed by atoms with Crippen molar-refractivity contribution in [1.29, 1.82) is 0 Å². The van der Waals surface area contributed by atoms with Gasteiger partial charge in [0.2, 0.25) is 0 Å². The molecule has 1 aromatic carbocycles. The summed E-state index contributed by atoms with van der Waals surface area (Å²) in [6.45, 7) is 4.44. The van der Waals surface area contributed by atoms with E-state index in [1.54, 1.807) is 12.4 Å². The highest BCUT2D eigenvalue weighted by Crippen LogP contribution is 2.28. The number of nitrogens with zero attached hydrogens (tertiary/aromatic N) is 2. The second-order valence-electron chi connectivity index (χ2n) is 6.59. The number of rotatable bonds is 4. The van der Waals surface area contributed by atoms with Crippen LogP contribution < -0.4 is 10.1 Å². The third kappa shape index (κ3) is 2.96. The van der Waals surface area contributed by atoms with E-state index < -0.39 is 0 Å². The van der Waals surface area contributed by atoms with Gasteiger partial charge in [-0.1, -0.05) is 18.2 Å². The fourth-order valence-corrected chi connectivity index (χ4v) is 3.55. The second kappa shape index (κ2) is 6.67. The van der Waals surface area contributed by atoms with Gasteiger partial charge in [-0.2, -0.15) is 0 Å². The van der Waals surface area contributed by atoms with Crippen LogP contribution in [-0.4, -0.2) is 28.1 Å². The zero-order valence-corrected chi connectivity index (χ0v) is 14.9. The Morgan fingerprint density at radius 2 is 2.12 bits per heavy atom. The highest BCUT2D eigenvalue weighted by atomic mass is 16.5. The summed E-state index contributed by atoms with van der Waals surface area (Å²) in [5, 5.41) is 3.02. The maximum Gasteiger partial charge on any atom is 0.253 e. The number of carbonyl (C=O) groups excluding carboxylic acids is 1. The quantitative estimate of drug-likeness (QED) is 0.788. The van der Waals surface area contributed by atoms with E-state index in [1.165, 1.54) is 5.56 Å². The SMILES string of the molecule is Cc1cc(C(=O)NCC2Cc3ccccc3O2)c(C)n1-c1cccnc1. The molecule has 0 saturated carbocycles. The molecule has 0 spiro atoms. The fraction of sp³-hybridized carbons (Fsp3) is 0.238. The Morgan fingerprint density at radius 3 is 2.88 bits per heavy atom. The van der Waals surface area contributed by atoms with Gasteiger partial charge in [-0.25, -0.2) is 0 Å². The van der Waals surface area contributed by atoms with Crippen LogP contribution in [0.1, 0.15) is 27.3 Å². The van der Waals surface area contributed by atoms with Gasteiger partial charge >= 0.3 is 0 Å². The molecule has 4 rings (SSSR count). The molecule has 2 aromatic heterocycles. The molecule has 3 aromatic rings. The van der Waals surface area contributed by atoms with E-state index in [1.807, 2.05) is 54.8 Å². The number of hydrogen-bond donors (Lipinski definition) is 1. The molecule has 0 aliphatic carbocycles. The first kappa shape index (κ1) is 16.4. The average Bonchev–Trinajstić information content (AvgIpc) is 3.20. The minimum Gasteiger partial charge on any atom is -0.488 e. The highest BCUT2D eigenvalue weighted by Gasteiger charge is 2.24. The topological polar surface area (TPSA) is 56.1 Å². The number of aromatic nitrogens is 2. The predicted molar refractivity (Wildman–Crippen MR) is 99.9 cm³/mol. The molecule has 0 fully saturated rings. The molecule has 1 N–H and O–H groups in total. The number of carbonyl (C=O) groups is 1. The third-order valence-electron chi connectivity index (χ3n) is 4.78. The number of hydrogen-bond acceptors (Lipinski definition) is 3. The highest BCUT2D eigenvalue weighted by molar-refractivity contribution is 5.96. The van der Waals surface area contributed by atoms with Crippen LogP contribution in [0.4, 0.5) is 0 Å². The molecule has 1 atom stereocenters. The van der Waals surface area contributed by atoms with E-state index >= 15 is 0 Å². The number of fused-ring (bicyclic) bond motifs is 1. The average molecular weight is 347 g/mol. The Kier molecular flexibility index (Phi) is 4.21. The van der Waals surface area contributed by atoms with E-state index in [2.05, 4.69) is 16.4 Å². The molecule has 26 heavy (non-hydrogen) atoms. The minimum absolute atomic E-state index is 0.0156. The molecule has 0 bridgehead atoms. The lowest BCUT2D eigenvalue weighted by Gasteiger charge is -2.12. The first-order chi connectivity index (χ1) is 12.6. The van der Waals surface area contributed by atoms with Crippen molar-refractivity contribution in [1.82, 2.24) is 14.9 Å². The van der Waals surface area contributed by atoms with Crippen LogP contribution in [0.2, 0.25) is 0 Å². The van der Waals surface area contributed by atoms with E-state index in [-0.39, 0.29) is 12.0 Å². The zero-order valence-electron chi connectivity index (χ0n) is 14.9. The van der Waals surface area contributed by atoms with Crippen LogP contribution in [0.15, 0.2) is 54.9 Å². The maximum absolute atomic E-state index is 12.7. The molecular formula is C21H21N3O2. The molecule has 3 heterocycles. The largest absolute Gasteiger partial charge is 0.488 e. The van der Waals surface area contributed by atoms with Gasteiger partial charge in [-0.3, -0.25) is 9.78 Å². The van der Waals surface area contributed by atoms with Gasteiger partial charge in [-0.15, -0.1) is 0 Å². The summed E-state index contributed by atoms with van der Waals surface area (Å²) in [5.41, 5.74) is 4.74. The lowest BCUT2D eigenvalue weighted by molar-refractivity contribution is 0.0933. The van der Waals surface area contributed by atoms with Crippen LogP contribution in [0.3, 0.4) is 0 Å². The van der Waals surface area contributed by atoms with Crippen molar-refractivity contribution in [3.05, 3.63) is 77.4 Å². The Morgan fingerprint density at radius 1 is 1.27 bits per heavy atom. The van der Waals surface area contributed by atoms with Crippen LogP contribution in [0, 0.1) is 13.8 Å². The molecular weight excluding hydrogens is 326 g/mol. The molecule has 1 aliphatic rings. The van der Waals surface area contributed by atoms with Gasteiger partial charge in [0.1, 0.15) is 11.9 Å². The van der Waals surface area contributed by atoms with Crippen molar-refractivity contribution in [2.45, 2.75) is 26.4 Å². The Bertz CT molecular complexity index is 922. The van der Waals surface area contributed by atoms with Crippen molar-refractivity contribution in [3.63, 3.8) is 0 Å². The van der Waals surface area contributed by atoms with Gasteiger partial charge < -0.3 is 14.6 Å². The van der Waals surface area contributed by atoms with Crippen molar-refractivity contribution >= 4 is 5.91 Å². The third-order valence-corrected chi connectivity index (χ3v) is 4.78. The lowest BCUT2D eigenvalue weighted by atomic mass is 10.1. The van der Waals surface area contributed by atoms with Gasteiger partial charge in [0.25, 0.3) is 5.91 Å². The number of benzene rings is 1. The monoisotopic (exact) mass is 347 g/mol. The van der Waals surface area contributed by atoms with Crippen LogP contribution in [-0.2, 0) is 6.42 Å². The van der Waals surface area contributed by atoms with E-state index in [0.29, 0.717) is 12.1 Å². The molecule has 5 nitrogen and oxygen atoms in total. The number of pyridine rings is 1. The summed E-state index contributed by atoms with van der Waals surface area (Å²) >= 11 is 0. The molecule has 0 saturated heterocycles. The summed E-state index contributed by atoms with van der Waals surface area (Å²) in [5.74, 6) is 0.842. The molecule has 132 valence electrons. The molecule has 5 heteroatoms. The summed E-state index contributed by atoms with van der Waals surface area (Å²) in [7, 11) is 0. The van der Waals surface area contributed by atoms with Crippen molar-refractivity contribution in [2.24, 2.45) is 0 Å².